The zero-order chi connectivity index (χ0) is 11.7. The second kappa shape index (κ2) is 4.06. The Morgan fingerprint density at radius 3 is 2.75 bits per heavy atom. The van der Waals surface area contributed by atoms with Crippen molar-refractivity contribution in [2.45, 2.75) is 13.0 Å². The molecule has 0 saturated heterocycles. The van der Waals surface area contributed by atoms with Crippen LogP contribution < -0.4 is 0 Å². The maximum Gasteiger partial charge on any atom is 0.129 e. The molecular formula is C12H13FN2O. The van der Waals surface area contributed by atoms with Gasteiger partial charge in [-0.05, 0) is 19.1 Å². The Kier molecular flexibility index (Phi) is 2.75. The number of aryl methyl sites for hydroxylation is 2. The van der Waals surface area contributed by atoms with Crippen molar-refractivity contribution < 1.29 is 9.50 Å². The largest absolute Gasteiger partial charge is 0.382 e. The number of aliphatic hydroxyl groups excluding tert-OH is 1. The molecule has 0 fully saturated rings. The summed E-state index contributed by atoms with van der Waals surface area (Å²) in [5.74, 6) is -0.413. The first-order chi connectivity index (χ1) is 7.58. The van der Waals surface area contributed by atoms with Crippen LogP contribution in [0.3, 0.4) is 0 Å². The van der Waals surface area contributed by atoms with E-state index in [9.17, 15) is 9.50 Å². The molecule has 1 N–H and O–H groups in total. The molecule has 0 bridgehead atoms. The van der Waals surface area contributed by atoms with Crippen LogP contribution in [0.1, 0.15) is 22.9 Å². The highest BCUT2D eigenvalue weighted by atomic mass is 19.1. The molecule has 3 nitrogen and oxygen atoms in total. The van der Waals surface area contributed by atoms with Gasteiger partial charge in [-0.25, -0.2) is 4.39 Å². The second-order valence-electron chi connectivity index (χ2n) is 3.84. The summed E-state index contributed by atoms with van der Waals surface area (Å²) in [7, 11) is 1.75. The predicted molar refractivity (Wildman–Crippen MR) is 58.4 cm³/mol. The Morgan fingerprint density at radius 1 is 1.38 bits per heavy atom. The smallest absolute Gasteiger partial charge is 0.129 e. The standard InChI is InChI=1S/C12H13FN2O/c1-8-3-4-10(13)9(7-8)12(16)11-5-6-15(2)14-11/h3-7,12,16H,1-2H3. The highest BCUT2D eigenvalue weighted by Gasteiger charge is 2.17. The molecule has 0 radical (unpaired) electrons. The summed E-state index contributed by atoms with van der Waals surface area (Å²) in [6.07, 6.45) is 0.702. The van der Waals surface area contributed by atoms with Crippen molar-refractivity contribution >= 4 is 0 Å². The number of hydrogen-bond donors (Lipinski definition) is 1. The summed E-state index contributed by atoms with van der Waals surface area (Å²) in [6.45, 7) is 1.86. The minimum atomic E-state index is -1.01. The van der Waals surface area contributed by atoms with E-state index in [-0.39, 0.29) is 5.56 Å². The number of aliphatic hydroxyl groups is 1. The number of halogens is 1. The minimum absolute atomic E-state index is 0.263. The number of hydrogen-bond acceptors (Lipinski definition) is 2. The van der Waals surface area contributed by atoms with Crippen LogP contribution >= 0.6 is 0 Å². The lowest BCUT2D eigenvalue weighted by molar-refractivity contribution is 0.209. The van der Waals surface area contributed by atoms with Gasteiger partial charge in [0.15, 0.2) is 0 Å². The summed E-state index contributed by atoms with van der Waals surface area (Å²) in [5, 5.41) is 14.1. The topological polar surface area (TPSA) is 38.0 Å². The van der Waals surface area contributed by atoms with Gasteiger partial charge in [-0.2, -0.15) is 5.10 Å². The molecule has 1 heterocycles. The molecule has 0 amide bonds. The number of rotatable bonds is 2. The molecule has 4 heteroatoms. The van der Waals surface area contributed by atoms with Crippen molar-refractivity contribution in [2.24, 2.45) is 7.05 Å². The zero-order valence-corrected chi connectivity index (χ0v) is 9.18. The van der Waals surface area contributed by atoms with Crippen molar-refractivity contribution in [1.29, 1.82) is 0 Å². The molecule has 2 rings (SSSR count). The van der Waals surface area contributed by atoms with E-state index in [1.54, 1.807) is 36.1 Å². The van der Waals surface area contributed by atoms with Gasteiger partial charge in [-0.1, -0.05) is 17.7 Å². The van der Waals surface area contributed by atoms with Gasteiger partial charge in [0.05, 0.1) is 5.69 Å². The van der Waals surface area contributed by atoms with Crippen molar-refractivity contribution in [2.75, 3.05) is 0 Å². The van der Waals surface area contributed by atoms with E-state index in [1.807, 2.05) is 6.92 Å². The molecular weight excluding hydrogens is 207 g/mol. The summed E-state index contributed by atoms with van der Waals surface area (Å²) in [5.41, 5.74) is 1.62. The molecule has 1 atom stereocenters. The van der Waals surface area contributed by atoms with Gasteiger partial charge < -0.3 is 5.11 Å². The molecule has 2 aromatic rings. The number of nitrogens with zero attached hydrogens (tertiary/aromatic N) is 2. The van der Waals surface area contributed by atoms with E-state index in [4.69, 9.17) is 0 Å². The molecule has 1 aromatic heterocycles. The molecule has 0 saturated carbocycles. The quantitative estimate of drug-likeness (QED) is 0.840. The third kappa shape index (κ3) is 1.97. The Labute approximate surface area is 93.2 Å². The van der Waals surface area contributed by atoms with Gasteiger partial charge in [0, 0.05) is 18.8 Å². The van der Waals surface area contributed by atoms with Crippen molar-refractivity contribution in [3.05, 3.63) is 53.1 Å². The first-order valence-electron chi connectivity index (χ1n) is 5.01. The first kappa shape index (κ1) is 10.8. The van der Waals surface area contributed by atoms with E-state index >= 15 is 0 Å². The molecule has 1 aromatic carbocycles. The van der Waals surface area contributed by atoms with Crippen LogP contribution in [0, 0.1) is 12.7 Å². The summed E-state index contributed by atoms with van der Waals surface area (Å²) in [4.78, 5) is 0. The first-order valence-corrected chi connectivity index (χ1v) is 5.01. The third-order valence-electron chi connectivity index (χ3n) is 2.46. The minimum Gasteiger partial charge on any atom is -0.382 e. The van der Waals surface area contributed by atoms with Crippen LogP contribution in [0.2, 0.25) is 0 Å². The average Bonchev–Trinajstić information content (AvgIpc) is 2.67. The highest BCUT2D eigenvalue weighted by Crippen LogP contribution is 2.23. The number of aromatic nitrogens is 2. The average molecular weight is 220 g/mol. The van der Waals surface area contributed by atoms with Gasteiger partial charge in [0.2, 0.25) is 0 Å². The fourth-order valence-electron chi connectivity index (χ4n) is 1.61. The van der Waals surface area contributed by atoms with Crippen LogP contribution in [0.4, 0.5) is 4.39 Å². The highest BCUT2D eigenvalue weighted by molar-refractivity contribution is 5.30. The summed E-state index contributed by atoms with van der Waals surface area (Å²) in [6, 6.07) is 6.34. The molecule has 16 heavy (non-hydrogen) atoms. The van der Waals surface area contributed by atoms with Gasteiger partial charge in [0.1, 0.15) is 11.9 Å². The van der Waals surface area contributed by atoms with E-state index in [0.717, 1.165) is 5.56 Å². The fourth-order valence-corrected chi connectivity index (χ4v) is 1.61. The van der Waals surface area contributed by atoms with E-state index in [1.165, 1.54) is 6.07 Å². The van der Waals surface area contributed by atoms with Crippen LogP contribution in [-0.4, -0.2) is 14.9 Å². The summed E-state index contributed by atoms with van der Waals surface area (Å²) >= 11 is 0. The van der Waals surface area contributed by atoms with Crippen molar-refractivity contribution in [1.82, 2.24) is 9.78 Å². The molecule has 84 valence electrons. The zero-order valence-electron chi connectivity index (χ0n) is 9.18. The van der Waals surface area contributed by atoms with Crippen LogP contribution in [0.15, 0.2) is 30.5 Å². The normalized spacial score (nSPS) is 12.8. The van der Waals surface area contributed by atoms with Gasteiger partial charge >= 0.3 is 0 Å². The summed E-state index contributed by atoms with van der Waals surface area (Å²) < 4.78 is 15.1. The molecule has 1 unspecified atom stereocenters. The van der Waals surface area contributed by atoms with Gasteiger partial charge in [-0.15, -0.1) is 0 Å². The molecule has 0 aliphatic carbocycles. The lowest BCUT2D eigenvalue weighted by Gasteiger charge is -2.10. The number of benzene rings is 1. The maximum absolute atomic E-state index is 13.5. The Morgan fingerprint density at radius 2 is 2.12 bits per heavy atom. The lowest BCUT2D eigenvalue weighted by Crippen LogP contribution is -2.04. The Bertz CT molecular complexity index is 507. The van der Waals surface area contributed by atoms with Crippen molar-refractivity contribution in [3.8, 4) is 0 Å². The monoisotopic (exact) mass is 220 g/mol. The maximum atomic E-state index is 13.5. The van der Waals surface area contributed by atoms with E-state index < -0.39 is 11.9 Å². The fraction of sp³-hybridized carbons (Fsp3) is 0.250. The lowest BCUT2D eigenvalue weighted by atomic mass is 10.0. The molecule has 0 spiro atoms. The third-order valence-corrected chi connectivity index (χ3v) is 2.46. The predicted octanol–water partition coefficient (Wildman–Crippen LogP) is 1.95. The Balaban J connectivity index is 2.40. The van der Waals surface area contributed by atoms with Gasteiger partial charge in [0.25, 0.3) is 0 Å². The SMILES string of the molecule is Cc1ccc(F)c(C(O)c2ccn(C)n2)c1. The van der Waals surface area contributed by atoms with Crippen molar-refractivity contribution in [3.63, 3.8) is 0 Å². The van der Waals surface area contributed by atoms with E-state index in [0.29, 0.717) is 5.69 Å². The molecule has 0 aliphatic heterocycles. The molecule has 0 aliphatic rings. The van der Waals surface area contributed by atoms with Crippen LogP contribution in [0.25, 0.3) is 0 Å². The van der Waals surface area contributed by atoms with Crippen LogP contribution in [-0.2, 0) is 7.05 Å². The Hall–Kier alpha value is -1.68. The van der Waals surface area contributed by atoms with Gasteiger partial charge in [-0.3, -0.25) is 4.68 Å². The van der Waals surface area contributed by atoms with Crippen LogP contribution in [0.5, 0.6) is 0 Å². The van der Waals surface area contributed by atoms with E-state index in [2.05, 4.69) is 5.10 Å². The second-order valence-corrected chi connectivity index (χ2v) is 3.84.